The molecular formula is C8H9N3. The van der Waals surface area contributed by atoms with Crippen LogP contribution in [-0.2, 0) is 13.0 Å². The first-order valence-electron chi connectivity index (χ1n) is 3.37. The lowest BCUT2D eigenvalue weighted by Crippen LogP contribution is -1.97. The van der Waals surface area contributed by atoms with E-state index in [1.165, 1.54) is 0 Å². The van der Waals surface area contributed by atoms with Gasteiger partial charge in [0.1, 0.15) is 0 Å². The summed E-state index contributed by atoms with van der Waals surface area (Å²) in [7, 11) is 0. The number of hydrogen-bond acceptors (Lipinski definition) is 3. The van der Waals surface area contributed by atoms with E-state index in [1.54, 1.807) is 6.20 Å². The molecule has 3 nitrogen and oxygen atoms in total. The second-order valence-electron chi connectivity index (χ2n) is 2.20. The topological polar surface area (TPSA) is 62.7 Å². The summed E-state index contributed by atoms with van der Waals surface area (Å²) in [6.45, 7) is 0.500. The van der Waals surface area contributed by atoms with Crippen molar-refractivity contribution in [3.8, 4) is 6.07 Å². The first-order valence-corrected chi connectivity index (χ1v) is 3.37. The van der Waals surface area contributed by atoms with Crippen molar-refractivity contribution in [2.24, 2.45) is 5.73 Å². The molecule has 0 saturated heterocycles. The van der Waals surface area contributed by atoms with Gasteiger partial charge >= 0.3 is 0 Å². The zero-order valence-corrected chi connectivity index (χ0v) is 6.12. The van der Waals surface area contributed by atoms with Crippen LogP contribution in [0.3, 0.4) is 0 Å². The van der Waals surface area contributed by atoms with Crippen molar-refractivity contribution in [2.75, 3.05) is 0 Å². The molecule has 1 heterocycles. The lowest BCUT2D eigenvalue weighted by atomic mass is 10.2. The minimum Gasteiger partial charge on any atom is -0.326 e. The normalized spacial score (nSPS) is 9.09. The minimum absolute atomic E-state index is 0.366. The first-order chi connectivity index (χ1) is 5.36. The molecular weight excluding hydrogens is 138 g/mol. The van der Waals surface area contributed by atoms with E-state index >= 15 is 0 Å². The maximum absolute atomic E-state index is 8.33. The average molecular weight is 147 g/mol. The van der Waals surface area contributed by atoms with Crippen molar-refractivity contribution in [2.45, 2.75) is 13.0 Å². The average Bonchev–Trinajstić information content (AvgIpc) is 2.07. The summed E-state index contributed by atoms with van der Waals surface area (Å²) in [6.07, 6.45) is 2.07. The van der Waals surface area contributed by atoms with Gasteiger partial charge in [0, 0.05) is 12.7 Å². The number of nitrogens with zero attached hydrogens (tertiary/aromatic N) is 2. The van der Waals surface area contributed by atoms with Crippen LogP contribution in [0.2, 0.25) is 0 Å². The van der Waals surface area contributed by atoms with Gasteiger partial charge < -0.3 is 5.73 Å². The molecule has 0 aliphatic heterocycles. The molecule has 1 aromatic heterocycles. The summed E-state index contributed by atoms with van der Waals surface area (Å²) in [5.74, 6) is 0. The van der Waals surface area contributed by atoms with Gasteiger partial charge in [-0.05, 0) is 11.6 Å². The fraction of sp³-hybridized carbons (Fsp3) is 0.250. The zero-order chi connectivity index (χ0) is 8.10. The van der Waals surface area contributed by atoms with Gasteiger partial charge in [0.05, 0.1) is 18.2 Å². The molecule has 3 heteroatoms. The molecule has 0 fully saturated rings. The van der Waals surface area contributed by atoms with Gasteiger partial charge in [-0.1, -0.05) is 6.07 Å². The molecule has 0 spiro atoms. The van der Waals surface area contributed by atoms with E-state index in [0.717, 1.165) is 11.3 Å². The molecule has 0 amide bonds. The Morgan fingerprint density at radius 3 is 2.82 bits per heavy atom. The van der Waals surface area contributed by atoms with Crippen molar-refractivity contribution in [3.05, 3.63) is 29.6 Å². The fourth-order valence-electron chi connectivity index (χ4n) is 0.761. The van der Waals surface area contributed by atoms with Crippen LogP contribution in [0, 0.1) is 11.3 Å². The first kappa shape index (κ1) is 7.70. The fourth-order valence-corrected chi connectivity index (χ4v) is 0.761. The highest BCUT2D eigenvalue weighted by Crippen LogP contribution is 1.98. The van der Waals surface area contributed by atoms with Crippen molar-refractivity contribution < 1.29 is 0 Å². The van der Waals surface area contributed by atoms with Crippen LogP contribution in [0.25, 0.3) is 0 Å². The van der Waals surface area contributed by atoms with Crippen molar-refractivity contribution >= 4 is 0 Å². The summed E-state index contributed by atoms with van der Waals surface area (Å²) >= 11 is 0. The van der Waals surface area contributed by atoms with E-state index in [4.69, 9.17) is 11.0 Å². The second kappa shape index (κ2) is 3.69. The molecule has 0 bridgehead atoms. The standard InChI is InChI=1S/C8H9N3/c9-4-3-8-2-1-7(5-10)6-11-8/h1-2,6H,3,5,10H2. The van der Waals surface area contributed by atoms with Gasteiger partial charge in [-0.3, -0.25) is 4.98 Å². The van der Waals surface area contributed by atoms with Gasteiger partial charge in [0.15, 0.2) is 0 Å². The summed E-state index contributed by atoms with van der Waals surface area (Å²) in [5, 5.41) is 8.33. The van der Waals surface area contributed by atoms with E-state index < -0.39 is 0 Å². The predicted molar refractivity (Wildman–Crippen MR) is 41.4 cm³/mol. The summed E-state index contributed by atoms with van der Waals surface area (Å²) in [5.41, 5.74) is 7.16. The van der Waals surface area contributed by atoms with Crippen LogP contribution in [0.1, 0.15) is 11.3 Å². The van der Waals surface area contributed by atoms with E-state index in [9.17, 15) is 0 Å². The molecule has 0 aliphatic rings. The summed E-state index contributed by atoms with van der Waals surface area (Å²) in [4.78, 5) is 4.04. The number of hydrogen-bond donors (Lipinski definition) is 1. The van der Waals surface area contributed by atoms with Gasteiger partial charge in [-0.25, -0.2) is 0 Å². The maximum atomic E-state index is 8.33. The van der Waals surface area contributed by atoms with Crippen LogP contribution in [0.4, 0.5) is 0 Å². The smallest absolute Gasteiger partial charge is 0.0774 e. The number of aromatic nitrogens is 1. The summed E-state index contributed by atoms with van der Waals surface area (Å²) in [6, 6.07) is 5.74. The highest BCUT2D eigenvalue weighted by molar-refractivity contribution is 5.15. The minimum atomic E-state index is 0.366. The number of rotatable bonds is 2. The van der Waals surface area contributed by atoms with Crippen LogP contribution in [0.15, 0.2) is 18.3 Å². The molecule has 56 valence electrons. The number of pyridine rings is 1. The van der Waals surface area contributed by atoms with Crippen LogP contribution >= 0.6 is 0 Å². The quantitative estimate of drug-likeness (QED) is 0.666. The van der Waals surface area contributed by atoms with Crippen molar-refractivity contribution in [1.82, 2.24) is 4.98 Å². The molecule has 2 N–H and O–H groups in total. The third-order valence-corrected chi connectivity index (χ3v) is 1.38. The molecule has 0 atom stereocenters. The van der Waals surface area contributed by atoms with Gasteiger partial charge in [0.25, 0.3) is 0 Å². The van der Waals surface area contributed by atoms with Crippen molar-refractivity contribution in [3.63, 3.8) is 0 Å². The molecule has 0 aromatic carbocycles. The Bertz CT molecular complexity index is 258. The molecule has 1 rings (SSSR count). The highest BCUT2D eigenvalue weighted by Gasteiger charge is 1.92. The Kier molecular flexibility index (Phi) is 2.59. The van der Waals surface area contributed by atoms with E-state index in [-0.39, 0.29) is 0 Å². The SMILES string of the molecule is N#CCc1ccc(CN)cn1. The lowest BCUT2D eigenvalue weighted by molar-refractivity contribution is 1.02. The van der Waals surface area contributed by atoms with Gasteiger partial charge in [-0.15, -0.1) is 0 Å². The third-order valence-electron chi connectivity index (χ3n) is 1.38. The van der Waals surface area contributed by atoms with Crippen molar-refractivity contribution in [1.29, 1.82) is 5.26 Å². The Morgan fingerprint density at radius 2 is 2.36 bits per heavy atom. The molecule has 0 radical (unpaired) electrons. The molecule has 11 heavy (non-hydrogen) atoms. The summed E-state index contributed by atoms with van der Waals surface area (Å²) < 4.78 is 0. The van der Waals surface area contributed by atoms with Crippen LogP contribution < -0.4 is 5.73 Å². The van der Waals surface area contributed by atoms with Crippen LogP contribution in [-0.4, -0.2) is 4.98 Å². The molecule has 0 unspecified atom stereocenters. The highest BCUT2D eigenvalue weighted by atomic mass is 14.7. The molecule has 0 saturated carbocycles. The van der Waals surface area contributed by atoms with Gasteiger partial charge in [0.2, 0.25) is 0 Å². The third kappa shape index (κ3) is 2.03. The Hall–Kier alpha value is -1.40. The Balaban J connectivity index is 2.76. The van der Waals surface area contributed by atoms with E-state index in [1.807, 2.05) is 18.2 Å². The van der Waals surface area contributed by atoms with Crippen LogP contribution in [0.5, 0.6) is 0 Å². The lowest BCUT2D eigenvalue weighted by Gasteiger charge is -1.95. The Morgan fingerprint density at radius 1 is 1.55 bits per heavy atom. The Labute approximate surface area is 65.5 Å². The zero-order valence-electron chi connectivity index (χ0n) is 6.12. The number of nitriles is 1. The van der Waals surface area contributed by atoms with Gasteiger partial charge in [-0.2, -0.15) is 5.26 Å². The monoisotopic (exact) mass is 147 g/mol. The predicted octanol–water partition coefficient (Wildman–Crippen LogP) is 0.606. The maximum Gasteiger partial charge on any atom is 0.0774 e. The molecule has 1 aromatic rings. The van der Waals surface area contributed by atoms with E-state index in [0.29, 0.717) is 13.0 Å². The van der Waals surface area contributed by atoms with E-state index in [2.05, 4.69) is 4.98 Å². The molecule has 0 aliphatic carbocycles. The second-order valence-corrected chi connectivity index (χ2v) is 2.20. The largest absolute Gasteiger partial charge is 0.326 e. The number of nitrogens with two attached hydrogens (primary N) is 1.